The highest BCUT2D eigenvalue weighted by molar-refractivity contribution is 5.80. The Morgan fingerprint density at radius 1 is 1.05 bits per heavy atom. The molecule has 1 heterocycles. The van der Waals surface area contributed by atoms with Gasteiger partial charge in [-0.1, -0.05) is 20.8 Å². The van der Waals surface area contributed by atoms with Gasteiger partial charge in [0.2, 0.25) is 0 Å². The molecule has 1 saturated heterocycles. The SMILES string of the molecule is CCOC(=O)CNC(=O)NCCCN1C[C@H](C)C[C@@](C)(O)[C@H](O)[C@@H](C)[C@H](O)[C@@H](C)C(=O)O[C@H](CC)[C@@](C)(O)[C@H](O)[C@H]1C. The molecule has 246 valence electrons. The summed E-state index contributed by atoms with van der Waals surface area (Å²) in [6, 6.07) is -1.18. The molecule has 1 rings (SSSR count). The number of nitrogens with zero attached hydrogens (tertiary/aromatic N) is 1. The monoisotopic (exact) mass is 605 g/mol. The molecule has 2 amide bonds. The lowest BCUT2D eigenvalue weighted by Gasteiger charge is -2.43. The second-order valence-corrected chi connectivity index (χ2v) is 12.3. The van der Waals surface area contributed by atoms with Crippen molar-refractivity contribution in [1.29, 1.82) is 0 Å². The number of carbonyl (C=O) groups is 3. The molecule has 1 aliphatic rings. The van der Waals surface area contributed by atoms with Gasteiger partial charge in [0.25, 0.3) is 0 Å². The molecule has 1 fully saturated rings. The first-order valence-corrected chi connectivity index (χ1v) is 15.0. The van der Waals surface area contributed by atoms with E-state index in [9.17, 15) is 39.9 Å². The number of hydrogen-bond acceptors (Lipinski definition) is 11. The molecule has 13 nitrogen and oxygen atoms in total. The van der Waals surface area contributed by atoms with E-state index in [0.29, 0.717) is 19.5 Å². The third-order valence-electron chi connectivity index (χ3n) is 8.38. The Kier molecular flexibility index (Phi) is 15.1. The van der Waals surface area contributed by atoms with Crippen molar-refractivity contribution in [1.82, 2.24) is 15.5 Å². The van der Waals surface area contributed by atoms with E-state index < -0.39 is 71.5 Å². The van der Waals surface area contributed by atoms with Gasteiger partial charge < -0.3 is 45.6 Å². The van der Waals surface area contributed by atoms with Crippen LogP contribution in [0, 0.1) is 17.8 Å². The number of aliphatic hydroxyl groups is 5. The van der Waals surface area contributed by atoms with Crippen molar-refractivity contribution in [2.45, 2.75) is 116 Å². The van der Waals surface area contributed by atoms with E-state index in [0.717, 1.165) is 0 Å². The molecular formula is C29H55N3O10. The number of ether oxygens (including phenoxy) is 2. The topological polar surface area (TPSA) is 198 Å². The molecule has 0 radical (unpaired) electrons. The van der Waals surface area contributed by atoms with Gasteiger partial charge in [-0.25, -0.2) is 4.79 Å². The fourth-order valence-corrected chi connectivity index (χ4v) is 5.75. The number of rotatable bonds is 8. The van der Waals surface area contributed by atoms with Crippen LogP contribution in [0.5, 0.6) is 0 Å². The maximum absolute atomic E-state index is 13.0. The number of hydrogen-bond donors (Lipinski definition) is 7. The van der Waals surface area contributed by atoms with Crippen LogP contribution in [-0.2, 0) is 19.1 Å². The summed E-state index contributed by atoms with van der Waals surface area (Å²) in [5, 5.41) is 61.0. The number of urea groups is 1. The molecule has 0 bridgehead atoms. The van der Waals surface area contributed by atoms with E-state index in [2.05, 4.69) is 10.6 Å². The van der Waals surface area contributed by atoms with Crippen LogP contribution in [0.25, 0.3) is 0 Å². The van der Waals surface area contributed by atoms with Crippen LogP contribution >= 0.6 is 0 Å². The van der Waals surface area contributed by atoms with Gasteiger partial charge >= 0.3 is 18.0 Å². The molecule has 13 heteroatoms. The minimum atomic E-state index is -1.85. The van der Waals surface area contributed by atoms with Crippen molar-refractivity contribution in [3.8, 4) is 0 Å². The van der Waals surface area contributed by atoms with Crippen molar-refractivity contribution in [3.63, 3.8) is 0 Å². The zero-order valence-electron chi connectivity index (χ0n) is 26.5. The van der Waals surface area contributed by atoms with Crippen molar-refractivity contribution < 1.29 is 49.4 Å². The Labute approximate surface area is 249 Å². The average Bonchev–Trinajstić information content (AvgIpc) is 2.92. The molecule has 7 N–H and O–H groups in total. The lowest BCUT2D eigenvalue weighted by Crippen LogP contribution is -2.59. The maximum atomic E-state index is 13.0. The number of amides is 2. The van der Waals surface area contributed by atoms with Crippen LogP contribution in [0.3, 0.4) is 0 Å². The molecule has 0 aliphatic carbocycles. The molecule has 42 heavy (non-hydrogen) atoms. The lowest BCUT2D eigenvalue weighted by atomic mass is 9.78. The average molecular weight is 606 g/mol. The van der Waals surface area contributed by atoms with Crippen molar-refractivity contribution >= 4 is 18.0 Å². The standard InChI is InChI=1S/C29H55N3O10/c1-9-21-29(8,40)25(36)20(6)32(13-11-12-30-27(38)31-15-22(33)41-10-2)16-17(3)14-28(7,39)24(35)18(4)23(34)19(5)26(37)42-21/h17-21,23-25,34-36,39-40H,9-16H2,1-8H3,(H2,30,31,38)/t17-,18+,19-,20-,21-,23+,24-,25-,28-,29-/m1/s1. The van der Waals surface area contributed by atoms with Crippen LogP contribution in [0.1, 0.15) is 74.7 Å². The first-order chi connectivity index (χ1) is 19.4. The summed E-state index contributed by atoms with van der Waals surface area (Å²) < 4.78 is 10.4. The number of carbonyl (C=O) groups excluding carboxylic acids is 3. The molecular weight excluding hydrogens is 550 g/mol. The van der Waals surface area contributed by atoms with E-state index in [1.807, 2.05) is 11.8 Å². The third kappa shape index (κ3) is 10.6. The molecule has 0 spiro atoms. The molecule has 1 aliphatic heterocycles. The number of cyclic esters (lactones) is 1. The van der Waals surface area contributed by atoms with Crippen LogP contribution in [0.2, 0.25) is 0 Å². The predicted molar refractivity (Wildman–Crippen MR) is 155 cm³/mol. The van der Waals surface area contributed by atoms with E-state index >= 15 is 0 Å². The zero-order valence-corrected chi connectivity index (χ0v) is 26.5. The summed E-state index contributed by atoms with van der Waals surface area (Å²) in [5.74, 6) is -3.48. The molecule has 0 unspecified atom stereocenters. The highest BCUT2D eigenvalue weighted by Gasteiger charge is 2.47. The number of nitrogens with one attached hydrogen (secondary N) is 2. The summed E-state index contributed by atoms with van der Waals surface area (Å²) in [4.78, 5) is 38.4. The first kappa shape index (κ1) is 38.0. The van der Waals surface area contributed by atoms with E-state index in [1.165, 1.54) is 20.8 Å². The quantitative estimate of drug-likeness (QED) is 0.147. The van der Waals surface area contributed by atoms with Gasteiger partial charge in [0.1, 0.15) is 24.4 Å². The van der Waals surface area contributed by atoms with Crippen molar-refractivity contribution in [3.05, 3.63) is 0 Å². The molecule has 0 aromatic heterocycles. The fraction of sp³-hybridized carbons (Fsp3) is 0.897. The second kappa shape index (κ2) is 16.7. The van der Waals surface area contributed by atoms with E-state index in [-0.39, 0.29) is 38.5 Å². The van der Waals surface area contributed by atoms with Crippen LogP contribution in [0.15, 0.2) is 0 Å². The largest absolute Gasteiger partial charge is 0.465 e. The summed E-state index contributed by atoms with van der Waals surface area (Å²) in [6.07, 6.45) is -4.35. The van der Waals surface area contributed by atoms with E-state index in [4.69, 9.17) is 9.47 Å². The molecule has 0 saturated carbocycles. The van der Waals surface area contributed by atoms with Crippen LogP contribution in [-0.4, -0.2) is 123 Å². The molecule has 10 atom stereocenters. The minimum absolute atomic E-state index is 0.145. The zero-order chi connectivity index (χ0) is 32.4. The molecule has 0 aromatic carbocycles. The Hall–Kier alpha value is -2.03. The fourth-order valence-electron chi connectivity index (χ4n) is 5.75. The Balaban J connectivity index is 3.19. The Bertz CT molecular complexity index is 871. The number of esters is 2. The second-order valence-electron chi connectivity index (χ2n) is 12.3. The number of aliphatic hydroxyl groups excluding tert-OH is 3. The highest BCUT2D eigenvalue weighted by Crippen LogP contribution is 2.32. The van der Waals surface area contributed by atoms with Gasteiger partial charge in [0, 0.05) is 31.6 Å². The van der Waals surface area contributed by atoms with Crippen molar-refractivity contribution in [2.24, 2.45) is 17.8 Å². The smallest absolute Gasteiger partial charge is 0.325 e. The van der Waals surface area contributed by atoms with Gasteiger partial charge in [0.05, 0.1) is 30.3 Å². The van der Waals surface area contributed by atoms with Crippen LogP contribution < -0.4 is 10.6 Å². The minimum Gasteiger partial charge on any atom is -0.465 e. The van der Waals surface area contributed by atoms with Crippen LogP contribution in [0.4, 0.5) is 4.79 Å². The van der Waals surface area contributed by atoms with Gasteiger partial charge in [-0.15, -0.1) is 0 Å². The van der Waals surface area contributed by atoms with Gasteiger partial charge in [-0.05, 0) is 59.8 Å². The van der Waals surface area contributed by atoms with E-state index in [1.54, 1.807) is 27.7 Å². The summed E-state index contributed by atoms with van der Waals surface area (Å²) in [7, 11) is 0. The third-order valence-corrected chi connectivity index (χ3v) is 8.38. The Morgan fingerprint density at radius 2 is 1.67 bits per heavy atom. The van der Waals surface area contributed by atoms with Gasteiger partial charge in [-0.3, -0.25) is 14.5 Å². The predicted octanol–water partition coefficient (Wildman–Crippen LogP) is 0.148. The normalized spacial score (nSPS) is 37.6. The Morgan fingerprint density at radius 3 is 2.24 bits per heavy atom. The van der Waals surface area contributed by atoms with Crippen molar-refractivity contribution in [2.75, 3.05) is 32.8 Å². The summed E-state index contributed by atoms with van der Waals surface area (Å²) >= 11 is 0. The van der Waals surface area contributed by atoms with Gasteiger partial charge in [0.15, 0.2) is 0 Å². The highest BCUT2D eigenvalue weighted by atomic mass is 16.6. The first-order valence-electron chi connectivity index (χ1n) is 15.0. The summed E-state index contributed by atoms with van der Waals surface area (Å²) in [6.45, 7) is 13.8. The lowest BCUT2D eigenvalue weighted by molar-refractivity contribution is -0.193. The summed E-state index contributed by atoms with van der Waals surface area (Å²) in [5.41, 5.74) is -3.45. The maximum Gasteiger partial charge on any atom is 0.325 e. The molecule has 0 aromatic rings. The van der Waals surface area contributed by atoms with Gasteiger partial charge in [-0.2, -0.15) is 0 Å².